The molecule has 0 radical (unpaired) electrons. The number of imidazole rings is 1. The molecule has 5 heteroatoms. The molecule has 4 nitrogen and oxygen atoms in total. The summed E-state index contributed by atoms with van der Waals surface area (Å²) in [7, 11) is 0. The number of benzene rings is 1. The SMILES string of the molecule is C=C(C)CNC(=S)Nc1ccc(-c2cn3ccccc3n2)cc1. The maximum atomic E-state index is 5.25. The number of pyridine rings is 1. The Labute approximate surface area is 140 Å². The molecule has 2 N–H and O–H groups in total. The van der Waals surface area contributed by atoms with Crippen molar-refractivity contribution in [1.29, 1.82) is 0 Å². The number of rotatable bonds is 4. The zero-order valence-corrected chi connectivity index (χ0v) is 13.7. The van der Waals surface area contributed by atoms with Gasteiger partial charge in [0.05, 0.1) is 5.69 Å². The molecule has 0 spiro atoms. The highest BCUT2D eigenvalue weighted by Crippen LogP contribution is 2.21. The van der Waals surface area contributed by atoms with Gasteiger partial charge in [-0.05, 0) is 43.4 Å². The van der Waals surface area contributed by atoms with E-state index in [2.05, 4.69) is 22.2 Å². The van der Waals surface area contributed by atoms with Crippen molar-refractivity contribution < 1.29 is 0 Å². The van der Waals surface area contributed by atoms with E-state index >= 15 is 0 Å². The lowest BCUT2D eigenvalue weighted by atomic mass is 10.1. The van der Waals surface area contributed by atoms with Crippen LogP contribution in [-0.2, 0) is 0 Å². The van der Waals surface area contributed by atoms with Gasteiger partial charge >= 0.3 is 0 Å². The third-order valence-electron chi connectivity index (χ3n) is 3.35. The van der Waals surface area contributed by atoms with Crippen molar-refractivity contribution >= 4 is 28.7 Å². The van der Waals surface area contributed by atoms with Crippen molar-refractivity contribution in [2.45, 2.75) is 6.92 Å². The summed E-state index contributed by atoms with van der Waals surface area (Å²) in [4.78, 5) is 4.62. The first kappa shape index (κ1) is 15.2. The molecule has 1 aromatic carbocycles. The number of aromatic nitrogens is 2. The average molecular weight is 322 g/mol. The smallest absolute Gasteiger partial charge is 0.171 e. The van der Waals surface area contributed by atoms with Crippen molar-refractivity contribution in [3.05, 3.63) is 67.0 Å². The second-order valence-corrected chi connectivity index (χ2v) is 5.84. The van der Waals surface area contributed by atoms with Crippen LogP contribution >= 0.6 is 12.2 Å². The normalized spacial score (nSPS) is 10.5. The molecule has 0 aliphatic heterocycles. The topological polar surface area (TPSA) is 41.4 Å². The summed E-state index contributed by atoms with van der Waals surface area (Å²) in [5.41, 5.74) is 4.94. The van der Waals surface area contributed by atoms with Crippen LogP contribution in [0.25, 0.3) is 16.9 Å². The molecule has 3 rings (SSSR count). The van der Waals surface area contributed by atoms with Crippen molar-refractivity contribution in [3.8, 4) is 11.3 Å². The van der Waals surface area contributed by atoms with Gasteiger partial charge in [0.25, 0.3) is 0 Å². The van der Waals surface area contributed by atoms with E-state index in [9.17, 15) is 0 Å². The molecule has 23 heavy (non-hydrogen) atoms. The largest absolute Gasteiger partial charge is 0.359 e. The van der Waals surface area contributed by atoms with E-state index in [-0.39, 0.29) is 0 Å². The molecule has 0 saturated carbocycles. The molecule has 116 valence electrons. The van der Waals surface area contributed by atoms with Crippen LogP contribution in [0.2, 0.25) is 0 Å². The fourth-order valence-corrected chi connectivity index (χ4v) is 2.39. The van der Waals surface area contributed by atoms with Crippen LogP contribution in [0, 0.1) is 0 Å². The third kappa shape index (κ3) is 3.76. The van der Waals surface area contributed by atoms with Gasteiger partial charge in [-0.1, -0.05) is 30.4 Å². The second-order valence-electron chi connectivity index (χ2n) is 5.43. The molecule has 2 heterocycles. The van der Waals surface area contributed by atoms with Crippen LogP contribution in [0.3, 0.4) is 0 Å². The summed E-state index contributed by atoms with van der Waals surface area (Å²) in [6.07, 6.45) is 4.02. The summed E-state index contributed by atoms with van der Waals surface area (Å²) in [6, 6.07) is 14.0. The maximum absolute atomic E-state index is 5.25. The molecule has 0 aliphatic rings. The lowest BCUT2D eigenvalue weighted by Crippen LogP contribution is -2.29. The van der Waals surface area contributed by atoms with E-state index < -0.39 is 0 Å². The van der Waals surface area contributed by atoms with E-state index in [0.717, 1.165) is 28.2 Å². The van der Waals surface area contributed by atoms with E-state index in [0.29, 0.717) is 11.7 Å². The Morgan fingerprint density at radius 2 is 2.00 bits per heavy atom. The molecule has 3 aromatic rings. The van der Waals surface area contributed by atoms with Crippen LogP contribution in [-0.4, -0.2) is 21.0 Å². The standard InChI is InChI=1S/C18H18N4S/c1-13(2)11-19-18(23)20-15-8-6-14(7-9-15)16-12-22-10-4-3-5-17(22)21-16/h3-10,12H,1,11H2,2H3,(H2,19,20,23). The van der Waals surface area contributed by atoms with Gasteiger partial charge in [0.1, 0.15) is 5.65 Å². The molecule has 0 unspecified atom stereocenters. The zero-order valence-electron chi connectivity index (χ0n) is 12.9. The summed E-state index contributed by atoms with van der Waals surface area (Å²) >= 11 is 5.25. The van der Waals surface area contributed by atoms with Gasteiger partial charge in [-0.2, -0.15) is 0 Å². The second kappa shape index (κ2) is 6.62. The fourth-order valence-electron chi connectivity index (χ4n) is 2.20. The molecule has 0 aliphatic carbocycles. The molecule has 2 aromatic heterocycles. The number of hydrogen-bond acceptors (Lipinski definition) is 2. The van der Waals surface area contributed by atoms with Crippen molar-refractivity contribution in [1.82, 2.24) is 14.7 Å². The van der Waals surface area contributed by atoms with Crippen molar-refractivity contribution in [3.63, 3.8) is 0 Å². The Kier molecular flexibility index (Phi) is 4.39. The van der Waals surface area contributed by atoms with Gasteiger partial charge in [-0.15, -0.1) is 0 Å². The molecule has 0 fully saturated rings. The Hall–Kier alpha value is -2.66. The van der Waals surface area contributed by atoms with Gasteiger partial charge in [-0.25, -0.2) is 4.98 Å². The molecule has 0 saturated heterocycles. The number of thiocarbonyl (C=S) groups is 1. The molecule has 0 bridgehead atoms. The van der Waals surface area contributed by atoms with Crippen molar-refractivity contribution in [2.75, 3.05) is 11.9 Å². The van der Waals surface area contributed by atoms with Crippen LogP contribution in [0.1, 0.15) is 6.92 Å². The quantitative estimate of drug-likeness (QED) is 0.565. The van der Waals surface area contributed by atoms with E-state index in [1.807, 2.05) is 66.2 Å². The highest BCUT2D eigenvalue weighted by molar-refractivity contribution is 7.80. The van der Waals surface area contributed by atoms with Gasteiger partial charge < -0.3 is 15.0 Å². The Morgan fingerprint density at radius 3 is 2.70 bits per heavy atom. The van der Waals surface area contributed by atoms with Crippen LogP contribution in [0.4, 0.5) is 5.69 Å². The lowest BCUT2D eigenvalue weighted by molar-refractivity contribution is 1.000. The Balaban J connectivity index is 1.71. The average Bonchev–Trinajstić information content (AvgIpc) is 2.97. The van der Waals surface area contributed by atoms with E-state index in [1.54, 1.807) is 0 Å². The van der Waals surface area contributed by atoms with E-state index in [4.69, 9.17) is 12.2 Å². The minimum atomic E-state index is 0.591. The number of hydrogen-bond donors (Lipinski definition) is 2. The predicted molar refractivity (Wildman–Crippen MR) is 99.7 cm³/mol. The molecule has 0 atom stereocenters. The molecular formula is C18H18N4S. The fraction of sp³-hybridized carbons (Fsp3) is 0.111. The van der Waals surface area contributed by atoms with Gasteiger partial charge in [0, 0.05) is 30.2 Å². The summed E-state index contributed by atoms with van der Waals surface area (Å²) in [5.74, 6) is 0. The van der Waals surface area contributed by atoms with Crippen molar-refractivity contribution in [2.24, 2.45) is 0 Å². The first-order valence-electron chi connectivity index (χ1n) is 7.35. The molecular weight excluding hydrogens is 304 g/mol. The summed E-state index contributed by atoms with van der Waals surface area (Å²) < 4.78 is 2.01. The number of anilines is 1. The number of nitrogens with zero attached hydrogens (tertiary/aromatic N) is 2. The van der Waals surface area contributed by atoms with Gasteiger partial charge in [0.2, 0.25) is 0 Å². The highest BCUT2D eigenvalue weighted by Gasteiger charge is 2.04. The minimum Gasteiger partial charge on any atom is -0.359 e. The summed E-state index contributed by atoms with van der Waals surface area (Å²) in [6.45, 7) is 6.47. The maximum Gasteiger partial charge on any atom is 0.171 e. The van der Waals surface area contributed by atoms with Crippen LogP contribution < -0.4 is 10.6 Å². The lowest BCUT2D eigenvalue weighted by Gasteiger charge is -2.10. The first-order valence-corrected chi connectivity index (χ1v) is 7.76. The minimum absolute atomic E-state index is 0.591. The highest BCUT2D eigenvalue weighted by atomic mass is 32.1. The van der Waals surface area contributed by atoms with Gasteiger partial charge in [0.15, 0.2) is 5.11 Å². The summed E-state index contributed by atoms with van der Waals surface area (Å²) in [5, 5.41) is 6.85. The zero-order chi connectivity index (χ0) is 16.2. The first-order chi connectivity index (χ1) is 11.1. The molecule has 0 amide bonds. The van der Waals surface area contributed by atoms with Crippen LogP contribution in [0.5, 0.6) is 0 Å². The Bertz CT molecular complexity index is 816. The van der Waals surface area contributed by atoms with Gasteiger partial charge in [-0.3, -0.25) is 0 Å². The number of nitrogens with one attached hydrogen (secondary N) is 2. The number of fused-ring (bicyclic) bond motifs is 1. The monoisotopic (exact) mass is 322 g/mol. The van der Waals surface area contributed by atoms with E-state index in [1.165, 1.54) is 0 Å². The third-order valence-corrected chi connectivity index (χ3v) is 3.60. The predicted octanol–water partition coefficient (Wildman–Crippen LogP) is 3.86. The Morgan fingerprint density at radius 1 is 1.22 bits per heavy atom. The van der Waals surface area contributed by atoms with Crippen LogP contribution in [0.15, 0.2) is 67.0 Å².